The molecular weight excluding hydrogens is 294 g/mol. The van der Waals surface area contributed by atoms with Gasteiger partial charge in [-0.3, -0.25) is 14.9 Å². The number of sulfone groups is 1. The molecule has 1 aromatic heterocycles. The number of nitrogens with zero attached hydrogens (tertiary/aromatic N) is 2. The van der Waals surface area contributed by atoms with E-state index >= 15 is 0 Å². The lowest BCUT2D eigenvalue weighted by Crippen LogP contribution is -2.28. The standard InChI is InChI=1S/C9H13N3O5S2/c1-11(2)7(13)5-10-9-6(12(14)15)4-8(18-9)19(3,16)17/h4,10H,5H2,1-3H3. The van der Waals surface area contributed by atoms with Gasteiger partial charge >= 0.3 is 5.69 Å². The van der Waals surface area contributed by atoms with E-state index in [1.54, 1.807) is 14.1 Å². The molecule has 106 valence electrons. The van der Waals surface area contributed by atoms with Gasteiger partial charge in [0.25, 0.3) is 0 Å². The maximum Gasteiger partial charge on any atom is 0.304 e. The first kappa shape index (κ1) is 15.4. The molecule has 10 heteroatoms. The number of nitrogens with one attached hydrogen (secondary N) is 1. The summed E-state index contributed by atoms with van der Waals surface area (Å²) in [5.74, 6) is -0.274. The van der Waals surface area contributed by atoms with Gasteiger partial charge in [0.05, 0.1) is 11.5 Å². The molecule has 1 N–H and O–H groups in total. The third-order valence-electron chi connectivity index (χ3n) is 2.15. The lowest BCUT2D eigenvalue weighted by molar-refractivity contribution is -0.383. The Kier molecular flexibility index (Phi) is 4.48. The molecule has 0 atom stereocenters. The highest BCUT2D eigenvalue weighted by Gasteiger charge is 2.24. The van der Waals surface area contributed by atoms with Crippen LogP contribution >= 0.6 is 11.3 Å². The monoisotopic (exact) mass is 307 g/mol. The van der Waals surface area contributed by atoms with Crippen molar-refractivity contribution in [1.82, 2.24) is 4.90 Å². The fraction of sp³-hybridized carbons (Fsp3) is 0.444. The second-order valence-corrected chi connectivity index (χ2v) is 7.25. The Labute approximate surface area is 114 Å². The molecule has 0 fully saturated rings. The average molecular weight is 307 g/mol. The van der Waals surface area contributed by atoms with E-state index in [0.717, 1.165) is 23.7 Å². The van der Waals surface area contributed by atoms with E-state index in [2.05, 4.69) is 5.32 Å². The molecule has 0 radical (unpaired) electrons. The summed E-state index contributed by atoms with van der Waals surface area (Å²) < 4.78 is 22.6. The molecule has 0 saturated heterocycles. The first-order valence-corrected chi connectivity index (χ1v) is 7.76. The summed E-state index contributed by atoms with van der Waals surface area (Å²) in [6.07, 6.45) is 0.970. The predicted molar refractivity (Wildman–Crippen MR) is 71.3 cm³/mol. The first-order chi connectivity index (χ1) is 8.62. The van der Waals surface area contributed by atoms with Crippen LogP contribution in [0.25, 0.3) is 0 Å². The van der Waals surface area contributed by atoms with Crippen molar-refractivity contribution >= 4 is 37.8 Å². The van der Waals surface area contributed by atoms with E-state index in [4.69, 9.17) is 0 Å². The van der Waals surface area contributed by atoms with Crippen molar-refractivity contribution in [3.8, 4) is 0 Å². The van der Waals surface area contributed by atoms with Gasteiger partial charge in [0.1, 0.15) is 4.21 Å². The summed E-state index contributed by atoms with van der Waals surface area (Å²) in [5.41, 5.74) is -0.350. The maximum absolute atomic E-state index is 11.4. The van der Waals surface area contributed by atoms with E-state index in [9.17, 15) is 23.3 Å². The van der Waals surface area contributed by atoms with Crippen LogP contribution in [0.15, 0.2) is 10.3 Å². The normalized spacial score (nSPS) is 11.1. The Morgan fingerprint density at radius 3 is 2.53 bits per heavy atom. The molecule has 0 aliphatic heterocycles. The fourth-order valence-electron chi connectivity index (χ4n) is 1.12. The molecule has 1 rings (SSSR count). The second-order valence-electron chi connectivity index (χ2n) is 3.95. The highest BCUT2D eigenvalue weighted by molar-refractivity contribution is 7.92. The van der Waals surface area contributed by atoms with Crippen molar-refractivity contribution in [2.45, 2.75) is 4.21 Å². The molecule has 19 heavy (non-hydrogen) atoms. The first-order valence-electron chi connectivity index (χ1n) is 5.05. The molecule has 1 amide bonds. The number of amides is 1. The number of anilines is 1. The van der Waals surface area contributed by atoms with Gasteiger partial charge in [-0.2, -0.15) is 0 Å². The van der Waals surface area contributed by atoms with Gasteiger partial charge in [-0.15, -0.1) is 0 Å². The lowest BCUT2D eigenvalue weighted by Gasteiger charge is -2.10. The van der Waals surface area contributed by atoms with Gasteiger partial charge in [-0.25, -0.2) is 8.42 Å². The summed E-state index contributed by atoms with van der Waals surface area (Å²) in [5, 5.41) is 13.5. The van der Waals surface area contributed by atoms with Crippen molar-refractivity contribution in [3.05, 3.63) is 16.2 Å². The molecule has 0 aromatic carbocycles. The fourth-order valence-corrected chi connectivity index (χ4v) is 3.05. The van der Waals surface area contributed by atoms with Crippen LogP contribution < -0.4 is 5.32 Å². The van der Waals surface area contributed by atoms with Crippen molar-refractivity contribution in [2.24, 2.45) is 0 Å². The summed E-state index contributed by atoms with van der Waals surface area (Å²) in [7, 11) is -0.413. The van der Waals surface area contributed by atoms with Crippen molar-refractivity contribution in [2.75, 3.05) is 32.2 Å². The van der Waals surface area contributed by atoms with E-state index in [1.165, 1.54) is 4.90 Å². The summed E-state index contributed by atoms with van der Waals surface area (Å²) in [6, 6.07) is 0.989. The topological polar surface area (TPSA) is 110 Å². The average Bonchev–Trinajstić information content (AvgIpc) is 2.69. The van der Waals surface area contributed by atoms with E-state index < -0.39 is 14.8 Å². The smallest absolute Gasteiger partial charge is 0.304 e. The van der Waals surface area contributed by atoms with Crippen LogP contribution in [-0.2, 0) is 14.6 Å². The Hall–Kier alpha value is -1.68. The van der Waals surface area contributed by atoms with Gasteiger partial charge in [-0.05, 0) is 0 Å². The van der Waals surface area contributed by atoms with Gasteiger partial charge in [0.15, 0.2) is 14.8 Å². The summed E-state index contributed by atoms with van der Waals surface area (Å²) >= 11 is 0.737. The molecule has 0 spiro atoms. The predicted octanol–water partition coefficient (Wildman–Crippen LogP) is 0.560. The SMILES string of the molecule is CN(C)C(=O)CNc1sc(S(C)(=O)=O)cc1[N+](=O)[O-]. The van der Waals surface area contributed by atoms with E-state index in [-0.39, 0.29) is 27.3 Å². The highest BCUT2D eigenvalue weighted by atomic mass is 32.2. The maximum atomic E-state index is 11.4. The molecule has 0 saturated carbocycles. The number of nitro groups is 1. The third-order valence-corrected chi connectivity index (χ3v) is 5.03. The molecule has 0 aliphatic carbocycles. The van der Waals surface area contributed by atoms with Crippen LogP contribution in [0, 0.1) is 10.1 Å². The minimum atomic E-state index is -3.51. The zero-order valence-corrected chi connectivity index (χ0v) is 12.2. The molecule has 0 bridgehead atoms. The van der Waals surface area contributed by atoms with Crippen LogP contribution in [0.2, 0.25) is 0 Å². The van der Waals surface area contributed by atoms with Crippen molar-refractivity contribution in [1.29, 1.82) is 0 Å². The van der Waals surface area contributed by atoms with Crippen LogP contribution in [0.1, 0.15) is 0 Å². The lowest BCUT2D eigenvalue weighted by atomic mass is 10.5. The van der Waals surface area contributed by atoms with E-state index in [0.29, 0.717) is 0 Å². The highest BCUT2D eigenvalue weighted by Crippen LogP contribution is 2.36. The number of rotatable bonds is 5. The molecular formula is C9H13N3O5S2. The van der Waals surface area contributed by atoms with Crippen LogP contribution in [0.3, 0.4) is 0 Å². The Morgan fingerprint density at radius 1 is 1.53 bits per heavy atom. The Morgan fingerprint density at radius 2 is 2.11 bits per heavy atom. The van der Waals surface area contributed by atoms with Gasteiger partial charge in [-0.1, -0.05) is 11.3 Å². The van der Waals surface area contributed by atoms with Gasteiger partial charge in [0.2, 0.25) is 5.91 Å². The summed E-state index contributed by atoms with van der Waals surface area (Å²) in [6.45, 7) is -0.141. The number of carbonyl (C=O) groups is 1. The summed E-state index contributed by atoms with van der Waals surface area (Å²) in [4.78, 5) is 22.8. The zero-order valence-electron chi connectivity index (χ0n) is 10.5. The zero-order chi connectivity index (χ0) is 14.8. The van der Waals surface area contributed by atoms with Crippen LogP contribution in [-0.4, -0.2) is 51.0 Å². The van der Waals surface area contributed by atoms with Crippen molar-refractivity contribution < 1.29 is 18.1 Å². The van der Waals surface area contributed by atoms with Gasteiger partial charge < -0.3 is 10.2 Å². The second kappa shape index (κ2) is 5.53. The number of likely N-dealkylation sites (N-methyl/N-ethyl adjacent to an activating group) is 1. The number of carbonyl (C=O) groups excluding carboxylic acids is 1. The third kappa shape index (κ3) is 3.89. The van der Waals surface area contributed by atoms with Gasteiger partial charge in [0, 0.05) is 26.4 Å². The molecule has 0 aliphatic rings. The quantitative estimate of drug-likeness (QED) is 0.628. The Balaban J connectivity index is 3.03. The molecule has 0 unspecified atom stereocenters. The Bertz CT molecular complexity index is 605. The largest absolute Gasteiger partial charge is 0.362 e. The number of hydrogen-bond donors (Lipinski definition) is 1. The van der Waals surface area contributed by atoms with Crippen LogP contribution in [0.4, 0.5) is 10.7 Å². The molecule has 1 aromatic rings. The molecule has 1 heterocycles. The number of thiophene rings is 1. The minimum Gasteiger partial charge on any atom is -0.362 e. The van der Waals surface area contributed by atoms with Crippen molar-refractivity contribution in [3.63, 3.8) is 0 Å². The van der Waals surface area contributed by atoms with E-state index in [1.807, 2.05) is 0 Å². The minimum absolute atomic E-state index is 0.0561. The van der Waals surface area contributed by atoms with Crippen LogP contribution in [0.5, 0.6) is 0 Å². The molecule has 8 nitrogen and oxygen atoms in total. The number of hydrogen-bond acceptors (Lipinski definition) is 7.